The molecule has 1 unspecified atom stereocenters. The van der Waals surface area contributed by atoms with Crippen molar-refractivity contribution in [2.24, 2.45) is 4.99 Å². The lowest BCUT2D eigenvalue weighted by Crippen LogP contribution is -2.50. The van der Waals surface area contributed by atoms with Crippen molar-refractivity contribution in [1.29, 1.82) is 0 Å². The minimum atomic E-state index is -5.12. The number of aliphatic imine (C=N–C) groups is 1. The van der Waals surface area contributed by atoms with Crippen molar-refractivity contribution in [3.05, 3.63) is 22.2 Å². The van der Waals surface area contributed by atoms with Crippen molar-refractivity contribution in [3.8, 4) is 11.8 Å². The summed E-state index contributed by atoms with van der Waals surface area (Å²) in [4.78, 5) is 3.65. The molecule has 9 heteroatoms. The molecule has 1 aromatic carbocycles. The second kappa shape index (κ2) is 6.75. The topological polar surface area (TPSA) is 78.8 Å². The van der Waals surface area contributed by atoms with Crippen LogP contribution in [0.15, 0.2) is 17.1 Å². The molecular formula is C13H11Cl2F3N2O2. The van der Waals surface area contributed by atoms with Gasteiger partial charge >= 0.3 is 6.18 Å². The largest absolute Gasteiger partial charge is 0.434 e. The third-order valence-electron chi connectivity index (χ3n) is 2.64. The van der Waals surface area contributed by atoms with Crippen LogP contribution in [0.3, 0.4) is 0 Å². The molecule has 4 N–H and O–H groups in total. The Morgan fingerprint density at radius 1 is 1.32 bits per heavy atom. The zero-order chi connectivity index (χ0) is 17.1. The first-order valence-electron chi connectivity index (χ1n) is 5.73. The maximum absolute atomic E-state index is 13.0. The van der Waals surface area contributed by atoms with Gasteiger partial charge in [0.15, 0.2) is 0 Å². The number of rotatable bonds is 2. The number of nitrogens with two attached hydrogens (primary N) is 1. The van der Waals surface area contributed by atoms with Crippen LogP contribution >= 0.6 is 23.2 Å². The molecule has 1 aromatic rings. The molecule has 0 saturated carbocycles. The molecule has 0 aromatic heterocycles. The van der Waals surface area contributed by atoms with Gasteiger partial charge < -0.3 is 15.9 Å². The van der Waals surface area contributed by atoms with E-state index in [1.54, 1.807) is 11.8 Å². The van der Waals surface area contributed by atoms with Gasteiger partial charge in [-0.1, -0.05) is 29.1 Å². The molecule has 0 aliphatic heterocycles. The number of benzene rings is 1. The quantitative estimate of drug-likeness (QED) is 0.434. The van der Waals surface area contributed by atoms with Gasteiger partial charge in [0.05, 0.1) is 27.1 Å². The van der Waals surface area contributed by atoms with Crippen molar-refractivity contribution in [3.63, 3.8) is 0 Å². The van der Waals surface area contributed by atoms with Crippen LogP contribution in [0.4, 0.5) is 24.5 Å². The lowest BCUT2D eigenvalue weighted by Gasteiger charge is -2.25. The highest BCUT2D eigenvalue weighted by molar-refractivity contribution is 6.42. The molecule has 1 rings (SSSR count). The third-order valence-corrected chi connectivity index (χ3v) is 3.36. The number of nitrogens with zero attached hydrogens (tertiary/aromatic N) is 1. The van der Waals surface area contributed by atoms with Crippen LogP contribution in [-0.2, 0) is 0 Å². The Labute approximate surface area is 134 Å². The van der Waals surface area contributed by atoms with Gasteiger partial charge in [-0.15, -0.1) is 0 Å². The normalized spacial score (nSPS) is 15.0. The standard InChI is InChI=1S/C13H11Cl2F3N2O2/c1-7(12(22,3-2-4-21)13(16,17)18)20-11-6-9(15)8(14)5-10(11)19/h5-6,21-22H,4,19H2,1H3. The van der Waals surface area contributed by atoms with Crippen LogP contribution in [-0.4, -0.2) is 34.3 Å². The molecule has 0 bridgehead atoms. The third kappa shape index (κ3) is 3.84. The molecule has 0 aliphatic carbocycles. The first kappa shape index (κ1) is 18.6. The minimum Gasteiger partial charge on any atom is -0.397 e. The lowest BCUT2D eigenvalue weighted by molar-refractivity contribution is -0.208. The Balaban J connectivity index is 3.43. The molecule has 22 heavy (non-hydrogen) atoms. The van der Waals surface area contributed by atoms with E-state index >= 15 is 0 Å². The van der Waals surface area contributed by atoms with E-state index in [1.165, 1.54) is 12.1 Å². The zero-order valence-electron chi connectivity index (χ0n) is 11.2. The number of alkyl halides is 3. The molecule has 0 fully saturated rings. The SMILES string of the molecule is CC(=Nc1cc(Cl)c(Cl)cc1N)C(O)(C#CCO)C(F)(F)F. The first-order valence-corrected chi connectivity index (χ1v) is 6.48. The van der Waals surface area contributed by atoms with Gasteiger partial charge in [0.25, 0.3) is 5.60 Å². The Morgan fingerprint density at radius 2 is 1.86 bits per heavy atom. The maximum atomic E-state index is 13.0. The summed E-state index contributed by atoms with van der Waals surface area (Å²) in [6.07, 6.45) is -5.12. The zero-order valence-corrected chi connectivity index (χ0v) is 12.7. The number of anilines is 1. The number of aliphatic hydroxyl groups excluding tert-OH is 1. The number of hydrogen-bond donors (Lipinski definition) is 3. The maximum Gasteiger partial charge on any atom is 0.434 e. The summed E-state index contributed by atoms with van der Waals surface area (Å²) in [5.74, 6) is 3.32. The summed E-state index contributed by atoms with van der Waals surface area (Å²) in [5.41, 5.74) is 1.19. The van der Waals surface area contributed by atoms with Crippen LogP contribution in [0.25, 0.3) is 0 Å². The summed E-state index contributed by atoms with van der Waals surface area (Å²) in [6, 6.07) is 2.39. The molecule has 4 nitrogen and oxygen atoms in total. The van der Waals surface area contributed by atoms with E-state index in [0.717, 1.165) is 6.92 Å². The smallest absolute Gasteiger partial charge is 0.397 e. The average molecular weight is 355 g/mol. The molecule has 0 heterocycles. The Kier molecular flexibility index (Phi) is 5.70. The molecule has 0 spiro atoms. The van der Waals surface area contributed by atoms with Gasteiger partial charge in [-0.25, -0.2) is 0 Å². The van der Waals surface area contributed by atoms with Crippen LogP contribution in [0, 0.1) is 11.8 Å². The molecule has 0 amide bonds. The molecular weight excluding hydrogens is 344 g/mol. The Morgan fingerprint density at radius 3 is 2.36 bits per heavy atom. The molecule has 0 aliphatic rings. The predicted molar refractivity (Wildman–Crippen MR) is 79.5 cm³/mol. The van der Waals surface area contributed by atoms with Crippen molar-refractivity contribution < 1.29 is 23.4 Å². The van der Waals surface area contributed by atoms with E-state index < -0.39 is 24.1 Å². The second-order valence-corrected chi connectivity index (χ2v) is 5.00. The molecule has 0 radical (unpaired) electrons. The Hall–Kier alpha value is -1.46. The summed E-state index contributed by atoms with van der Waals surface area (Å²) < 4.78 is 39.1. The number of hydrogen-bond acceptors (Lipinski definition) is 4. The van der Waals surface area contributed by atoms with Crippen molar-refractivity contribution in [1.82, 2.24) is 0 Å². The van der Waals surface area contributed by atoms with Gasteiger partial charge in [-0.3, -0.25) is 4.99 Å². The monoisotopic (exact) mass is 354 g/mol. The summed E-state index contributed by atoms with van der Waals surface area (Å²) in [5, 5.41) is 18.5. The van der Waals surface area contributed by atoms with Crippen molar-refractivity contribution in [2.45, 2.75) is 18.7 Å². The van der Waals surface area contributed by atoms with E-state index in [9.17, 15) is 18.3 Å². The molecule has 120 valence electrons. The van der Waals surface area contributed by atoms with Crippen LogP contribution in [0.5, 0.6) is 0 Å². The van der Waals surface area contributed by atoms with Gasteiger partial charge in [-0.2, -0.15) is 13.2 Å². The van der Waals surface area contributed by atoms with E-state index in [2.05, 4.69) is 4.99 Å². The van der Waals surface area contributed by atoms with E-state index in [1.807, 2.05) is 0 Å². The average Bonchev–Trinajstić information content (AvgIpc) is 2.40. The van der Waals surface area contributed by atoms with Crippen LogP contribution in [0.1, 0.15) is 6.92 Å². The summed E-state index contributed by atoms with van der Waals surface area (Å²) in [7, 11) is 0. The van der Waals surface area contributed by atoms with Gasteiger partial charge in [0, 0.05) is 0 Å². The minimum absolute atomic E-state index is 0.0200. The second-order valence-electron chi connectivity index (χ2n) is 4.19. The fraction of sp³-hybridized carbons (Fsp3) is 0.308. The van der Waals surface area contributed by atoms with E-state index in [4.69, 9.17) is 34.0 Å². The highest BCUT2D eigenvalue weighted by Gasteiger charge is 2.55. The number of halogens is 5. The lowest BCUT2D eigenvalue weighted by atomic mass is 9.98. The van der Waals surface area contributed by atoms with Crippen molar-refractivity contribution >= 4 is 40.3 Å². The highest BCUT2D eigenvalue weighted by atomic mass is 35.5. The highest BCUT2D eigenvalue weighted by Crippen LogP contribution is 2.36. The van der Waals surface area contributed by atoms with Gasteiger partial charge in [-0.05, 0) is 25.0 Å². The van der Waals surface area contributed by atoms with Crippen LogP contribution < -0.4 is 5.73 Å². The van der Waals surface area contributed by atoms with Crippen molar-refractivity contribution in [2.75, 3.05) is 12.3 Å². The van der Waals surface area contributed by atoms with Crippen LogP contribution in [0.2, 0.25) is 10.0 Å². The molecule has 1 atom stereocenters. The summed E-state index contributed by atoms with van der Waals surface area (Å²) >= 11 is 11.5. The fourth-order valence-electron chi connectivity index (χ4n) is 1.44. The van der Waals surface area contributed by atoms with E-state index in [0.29, 0.717) is 0 Å². The van der Waals surface area contributed by atoms with Gasteiger partial charge in [0.2, 0.25) is 0 Å². The van der Waals surface area contributed by atoms with E-state index in [-0.39, 0.29) is 21.4 Å². The Bertz CT molecular complexity index is 666. The molecule has 0 saturated heterocycles. The fourth-order valence-corrected chi connectivity index (χ4v) is 1.77. The van der Waals surface area contributed by atoms with Gasteiger partial charge in [0.1, 0.15) is 6.61 Å². The first-order chi connectivity index (χ1) is 10.0. The predicted octanol–water partition coefficient (Wildman–Crippen LogP) is 2.96. The number of nitrogen functional groups attached to an aromatic ring is 1. The summed E-state index contributed by atoms with van der Waals surface area (Å²) in [6.45, 7) is 0.0854. The number of aliphatic hydroxyl groups is 2.